The molecular weight excluding hydrogens is 436 g/mol. The normalized spacial score (nSPS) is 14.0. The Balaban J connectivity index is 1.92. The number of fused-ring (bicyclic) bond motifs is 1. The van der Waals surface area contributed by atoms with Crippen molar-refractivity contribution < 1.29 is 9.90 Å². The molecule has 1 aliphatic heterocycles. The molecule has 2 N–H and O–H groups in total. The van der Waals surface area contributed by atoms with Crippen LogP contribution in [0.4, 0.5) is 11.4 Å². The Bertz CT molecular complexity index is 1110. The van der Waals surface area contributed by atoms with E-state index >= 15 is 0 Å². The number of aromatic nitrogens is 1. The number of anilines is 2. The molecule has 4 rings (SSSR count). The summed E-state index contributed by atoms with van der Waals surface area (Å²) in [6, 6.07) is 11.4. The number of hydrogen-bond donors (Lipinski definition) is 2. The molecule has 6 heteroatoms. The van der Waals surface area contributed by atoms with Crippen LogP contribution >= 0.6 is 27.7 Å². The van der Waals surface area contributed by atoms with E-state index in [4.69, 9.17) is 0 Å². The lowest BCUT2D eigenvalue weighted by atomic mass is 9.99. The van der Waals surface area contributed by atoms with Gasteiger partial charge in [-0.3, -0.25) is 4.98 Å². The summed E-state index contributed by atoms with van der Waals surface area (Å²) >= 11 is 5.47. The van der Waals surface area contributed by atoms with Crippen molar-refractivity contribution in [1.82, 2.24) is 4.98 Å². The third kappa shape index (κ3) is 3.80. The molecule has 4 nitrogen and oxygen atoms in total. The minimum Gasteiger partial charge on any atom is -0.478 e. The fourth-order valence-electron chi connectivity index (χ4n) is 3.39. The maximum atomic E-state index is 11.8. The van der Waals surface area contributed by atoms with Crippen LogP contribution in [0.15, 0.2) is 53.1 Å². The lowest BCUT2D eigenvalue weighted by Gasteiger charge is -2.20. The molecule has 0 aliphatic carbocycles. The first-order valence-electron chi connectivity index (χ1n) is 8.99. The van der Waals surface area contributed by atoms with Gasteiger partial charge >= 0.3 is 5.97 Å². The Kier molecular flexibility index (Phi) is 5.42. The lowest BCUT2D eigenvalue weighted by molar-refractivity contribution is 0.0698. The summed E-state index contributed by atoms with van der Waals surface area (Å²) in [5.74, 6) is 1.11. The lowest BCUT2D eigenvalue weighted by Crippen LogP contribution is -2.06. The number of carboxylic acids is 1. The first-order chi connectivity index (χ1) is 13.5. The van der Waals surface area contributed by atoms with Crippen LogP contribution in [0.2, 0.25) is 0 Å². The zero-order valence-corrected chi connectivity index (χ0v) is 17.7. The number of allylic oxidation sites excluding steroid dienone is 1. The monoisotopic (exact) mass is 454 g/mol. The summed E-state index contributed by atoms with van der Waals surface area (Å²) in [5, 5.41) is 14.1. The number of aryl methyl sites for hydroxylation is 1. The molecule has 0 saturated heterocycles. The van der Waals surface area contributed by atoms with E-state index in [9.17, 15) is 9.90 Å². The number of hydrogen-bond acceptors (Lipinski definition) is 4. The smallest absolute Gasteiger partial charge is 0.337 e. The van der Waals surface area contributed by atoms with Gasteiger partial charge in [-0.15, -0.1) is 0 Å². The average molecular weight is 455 g/mol. The molecule has 142 valence electrons. The Morgan fingerprint density at radius 3 is 2.86 bits per heavy atom. The second kappa shape index (κ2) is 7.97. The highest BCUT2D eigenvalue weighted by atomic mass is 79.9. The molecule has 0 saturated carbocycles. The van der Waals surface area contributed by atoms with E-state index in [1.54, 1.807) is 6.07 Å². The Labute approximate surface area is 176 Å². The van der Waals surface area contributed by atoms with Crippen LogP contribution in [0.25, 0.3) is 16.5 Å². The van der Waals surface area contributed by atoms with Crippen LogP contribution in [-0.4, -0.2) is 27.6 Å². The number of rotatable bonds is 4. The standard InChI is InChI=1S/C22H19BrN2O2S/c1-13-2-4-20(17(10-13)22(26)27)25-21-16-11-15(23)3-5-19(16)24-12-18(21)14-6-8-28-9-7-14/h2-6,10-12H,7-9H2,1H3,(H,24,25)(H,26,27). The van der Waals surface area contributed by atoms with Crippen LogP contribution in [0.5, 0.6) is 0 Å². The number of halogens is 1. The van der Waals surface area contributed by atoms with Gasteiger partial charge in [-0.05, 0) is 55.0 Å². The van der Waals surface area contributed by atoms with Crippen molar-refractivity contribution in [3.05, 3.63) is 69.8 Å². The molecule has 0 unspecified atom stereocenters. The summed E-state index contributed by atoms with van der Waals surface area (Å²) in [4.78, 5) is 16.4. The predicted molar refractivity (Wildman–Crippen MR) is 121 cm³/mol. The molecule has 28 heavy (non-hydrogen) atoms. The van der Waals surface area contributed by atoms with Crippen molar-refractivity contribution in [2.45, 2.75) is 13.3 Å². The van der Waals surface area contributed by atoms with Gasteiger partial charge in [0.25, 0.3) is 0 Å². The number of aromatic carboxylic acids is 1. The average Bonchev–Trinajstić information content (AvgIpc) is 2.70. The second-order valence-corrected chi connectivity index (χ2v) is 8.81. The van der Waals surface area contributed by atoms with Crippen LogP contribution in [0, 0.1) is 6.92 Å². The number of benzene rings is 2. The van der Waals surface area contributed by atoms with Crippen LogP contribution in [0.3, 0.4) is 0 Å². The highest BCUT2D eigenvalue weighted by Gasteiger charge is 2.18. The Morgan fingerprint density at radius 2 is 2.11 bits per heavy atom. The van der Waals surface area contributed by atoms with E-state index in [0.29, 0.717) is 5.69 Å². The van der Waals surface area contributed by atoms with Crippen molar-refractivity contribution in [1.29, 1.82) is 0 Å². The van der Waals surface area contributed by atoms with Gasteiger partial charge in [0.2, 0.25) is 0 Å². The number of nitrogens with zero attached hydrogens (tertiary/aromatic N) is 1. The zero-order valence-electron chi connectivity index (χ0n) is 15.3. The number of carbonyl (C=O) groups is 1. The fraction of sp³-hybridized carbons (Fsp3) is 0.182. The number of thioether (sulfide) groups is 1. The molecule has 0 atom stereocenters. The first kappa shape index (κ1) is 19.0. The second-order valence-electron chi connectivity index (χ2n) is 6.74. The van der Waals surface area contributed by atoms with E-state index in [1.165, 1.54) is 5.57 Å². The quantitative estimate of drug-likeness (QED) is 0.486. The molecule has 0 spiro atoms. The summed E-state index contributed by atoms with van der Waals surface area (Å²) < 4.78 is 0.956. The molecule has 2 aromatic carbocycles. The van der Waals surface area contributed by atoms with E-state index in [2.05, 4.69) is 32.3 Å². The van der Waals surface area contributed by atoms with Gasteiger partial charge in [0, 0.05) is 27.4 Å². The molecule has 1 aliphatic rings. The summed E-state index contributed by atoms with van der Waals surface area (Å²) in [6.45, 7) is 1.89. The van der Waals surface area contributed by atoms with E-state index in [-0.39, 0.29) is 5.56 Å². The molecule has 0 fully saturated rings. The van der Waals surface area contributed by atoms with Crippen molar-refractivity contribution in [2.24, 2.45) is 0 Å². The maximum Gasteiger partial charge on any atom is 0.337 e. The first-order valence-corrected chi connectivity index (χ1v) is 10.9. The summed E-state index contributed by atoms with van der Waals surface area (Å²) in [6.07, 6.45) is 5.11. The number of carboxylic acid groups (broad SMARTS) is 1. The molecule has 3 aromatic rings. The van der Waals surface area contributed by atoms with Gasteiger partial charge in [-0.1, -0.05) is 33.6 Å². The SMILES string of the molecule is Cc1ccc(Nc2c(C3=CCSCC3)cnc3ccc(Br)cc23)c(C(=O)O)c1. The molecule has 0 amide bonds. The summed E-state index contributed by atoms with van der Waals surface area (Å²) in [5.41, 5.74) is 5.80. The Morgan fingerprint density at radius 1 is 1.25 bits per heavy atom. The van der Waals surface area contributed by atoms with E-state index < -0.39 is 5.97 Å². The van der Waals surface area contributed by atoms with Gasteiger partial charge in [-0.25, -0.2) is 4.79 Å². The maximum absolute atomic E-state index is 11.8. The van der Waals surface area contributed by atoms with E-state index in [0.717, 1.165) is 50.1 Å². The number of nitrogens with one attached hydrogen (secondary N) is 1. The van der Waals surface area contributed by atoms with Crippen LogP contribution < -0.4 is 5.32 Å². The van der Waals surface area contributed by atoms with Crippen molar-refractivity contribution in [3.8, 4) is 0 Å². The van der Waals surface area contributed by atoms with Crippen molar-refractivity contribution >= 4 is 61.5 Å². The van der Waals surface area contributed by atoms with Gasteiger partial charge in [0.05, 0.1) is 22.5 Å². The van der Waals surface area contributed by atoms with Gasteiger partial charge in [0.1, 0.15) is 0 Å². The molecule has 0 radical (unpaired) electrons. The van der Waals surface area contributed by atoms with Crippen molar-refractivity contribution in [3.63, 3.8) is 0 Å². The van der Waals surface area contributed by atoms with Gasteiger partial charge < -0.3 is 10.4 Å². The largest absolute Gasteiger partial charge is 0.478 e. The highest BCUT2D eigenvalue weighted by Crippen LogP contribution is 2.38. The molecule has 1 aromatic heterocycles. The van der Waals surface area contributed by atoms with E-state index in [1.807, 2.05) is 55.2 Å². The fourth-order valence-corrected chi connectivity index (χ4v) is 4.60. The minimum atomic E-state index is -0.944. The van der Waals surface area contributed by atoms with Gasteiger partial charge in [0.15, 0.2) is 0 Å². The van der Waals surface area contributed by atoms with Crippen LogP contribution in [0.1, 0.15) is 27.9 Å². The predicted octanol–water partition coefficient (Wildman–Crippen LogP) is 6.27. The minimum absolute atomic E-state index is 0.263. The van der Waals surface area contributed by atoms with Gasteiger partial charge in [-0.2, -0.15) is 11.8 Å². The summed E-state index contributed by atoms with van der Waals surface area (Å²) in [7, 11) is 0. The Hall–Kier alpha value is -2.31. The van der Waals surface area contributed by atoms with Crippen LogP contribution in [-0.2, 0) is 0 Å². The molecular formula is C22H19BrN2O2S. The highest BCUT2D eigenvalue weighted by molar-refractivity contribution is 9.10. The molecule has 2 heterocycles. The zero-order chi connectivity index (χ0) is 19.7. The third-order valence-corrected chi connectivity index (χ3v) is 6.19. The molecule has 0 bridgehead atoms. The van der Waals surface area contributed by atoms with Crippen molar-refractivity contribution in [2.75, 3.05) is 16.8 Å². The number of pyridine rings is 1. The topological polar surface area (TPSA) is 62.2 Å². The third-order valence-electron chi connectivity index (χ3n) is 4.80.